The van der Waals surface area contributed by atoms with E-state index in [4.69, 9.17) is 0 Å². The van der Waals surface area contributed by atoms with Gasteiger partial charge < -0.3 is 9.88 Å². The third-order valence-electron chi connectivity index (χ3n) is 4.88. The van der Waals surface area contributed by atoms with Crippen LogP contribution in [0.5, 0.6) is 0 Å². The van der Waals surface area contributed by atoms with Gasteiger partial charge in [-0.05, 0) is 37.3 Å². The Kier molecular flexibility index (Phi) is 4.51. The van der Waals surface area contributed by atoms with Gasteiger partial charge in [0.25, 0.3) is 11.7 Å². The lowest BCUT2D eigenvalue weighted by molar-refractivity contribution is -0.125. The van der Waals surface area contributed by atoms with Gasteiger partial charge in [0.2, 0.25) is 0 Å². The molecule has 0 aliphatic heterocycles. The van der Waals surface area contributed by atoms with Gasteiger partial charge in [0.1, 0.15) is 0 Å². The maximum atomic E-state index is 12.6. The maximum absolute atomic E-state index is 12.6. The van der Waals surface area contributed by atoms with E-state index in [0.29, 0.717) is 18.0 Å². The molecule has 1 aromatic carbocycles. The number of nitrogens with zero attached hydrogens (tertiary/aromatic N) is 1. The highest BCUT2D eigenvalue weighted by atomic mass is 16.2. The maximum Gasteiger partial charge on any atom is 0.294 e. The smallest absolute Gasteiger partial charge is 0.294 e. The predicted octanol–water partition coefficient (Wildman–Crippen LogP) is 3.70. The van der Waals surface area contributed by atoms with E-state index in [1.807, 2.05) is 25.1 Å². The second-order valence-corrected chi connectivity index (χ2v) is 6.77. The molecule has 0 bridgehead atoms. The number of benzene rings is 1. The molecule has 1 aliphatic rings. The third kappa shape index (κ3) is 3.31. The molecule has 3 rings (SSSR count). The van der Waals surface area contributed by atoms with Crippen molar-refractivity contribution in [3.8, 4) is 0 Å². The van der Waals surface area contributed by atoms with Gasteiger partial charge in [-0.3, -0.25) is 9.59 Å². The van der Waals surface area contributed by atoms with E-state index in [0.717, 1.165) is 29.3 Å². The van der Waals surface area contributed by atoms with Gasteiger partial charge >= 0.3 is 0 Å². The number of fused-ring (bicyclic) bond motifs is 1. The number of hydrogen-bond acceptors (Lipinski definition) is 2. The number of Topliss-reactive ketones (excluding diaryl/α,β-unsaturated/α-hetero) is 1. The number of H-pyrrole nitrogens is 1. The van der Waals surface area contributed by atoms with Crippen LogP contribution in [0.25, 0.3) is 10.9 Å². The Hall–Kier alpha value is -2.10. The van der Waals surface area contributed by atoms with Crippen LogP contribution < -0.4 is 0 Å². The van der Waals surface area contributed by atoms with Crippen LogP contribution in [0.15, 0.2) is 24.4 Å². The summed E-state index contributed by atoms with van der Waals surface area (Å²) in [6.07, 6.45) is 7.75. The lowest BCUT2D eigenvalue weighted by atomic mass is 9.89. The van der Waals surface area contributed by atoms with Crippen molar-refractivity contribution in [1.29, 1.82) is 0 Å². The zero-order valence-corrected chi connectivity index (χ0v) is 13.9. The van der Waals surface area contributed by atoms with Crippen LogP contribution in [0.1, 0.15) is 48.0 Å². The van der Waals surface area contributed by atoms with E-state index in [2.05, 4.69) is 4.98 Å². The minimum Gasteiger partial charge on any atom is -0.360 e. The molecule has 0 radical (unpaired) electrons. The van der Waals surface area contributed by atoms with Gasteiger partial charge in [-0.2, -0.15) is 0 Å². The molecule has 0 unspecified atom stereocenters. The number of aromatic nitrogens is 1. The Labute approximate surface area is 136 Å². The highest BCUT2D eigenvalue weighted by Crippen LogP contribution is 2.25. The monoisotopic (exact) mass is 312 g/mol. The quantitative estimate of drug-likeness (QED) is 0.691. The van der Waals surface area contributed by atoms with E-state index < -0.39 is 11.7 Å². The zero-order chi connectivity index (χ0) is 16.4. The molecule has 1 N–H and O–H groups in total. The Bertz CT molecular complexity index is 726. The van der Waals surface area contributed by atoms with Gasteiger partial charge in [0.05, 0.1) is 5.56 Å². The van der Waals surface area contributed by atoms with Crippen LogP contribution in [0.3, 0.4) is 0 Å². The minimum atomic E-state index is -0.418. The highest BCUT2D eigenvalue weighted by Gasteiger charge is 2.25. The summed E-state index contributed by atoms with van der Waals surface area (Å²) >= 11 is 0. The normalized spacial score (nSPS) is 15.7. The van der Waals surface area contributed by atoms with Gasteiger partial charge in [0, 0.05) is 30.7 Å². The number of amides is 1. The molecule has 1 heterocycles. The summed E-state index contributed by atoms with van der Waals surface area (Å²) in [5, 5.41) is 0.819. The topological polar surface area (TPSA) is 53.2 Å². The molecule has 1 aliphatic carbocycles. The van der Waals surface area contributed by atoms with Crippen LogP contribution in [0.4, 0.5) is 0 Å². The Morgan fingerprint density at radius 1 is 1.22 bits per heavy atom. The summed E-state index contributed by atoms with van der Waals surface area (Å²) in [7, 11) is 1.74. The Balaban J connectivity index is 1.74. The highest BCUT2D eigenvalue weighted by molar-refractivity contribution is 6.44. The van der Waals surface area contributed by atoms with Gasteiger partial charge in [-0.15, -0.1) is 0 Å². The van der Waals surface area contributed by atoms with Gasteiger partial charge in [-0.25, -0.2) is 0 Å². The molecule has 4 nitrogen and oxygen atoms in total. The Morgan fingerprint density at radius 3 is 2.70 bits per heavy atom. The Morgan fingerprint density at radius 2 is 1.96 bits per heavy atom. The largest absolute Gasteiger partial charge is 0.360 e. The second-order valence-electron chi connectivity index (χ2n) is 6.77. The number of carbonyl (C=O) groups is 2. The summed E-state index contributed by atoms with van der Waals surface area (Å²) in [4.78, 5) is 29.8. The number of carbonyl (C=O) groups excluding carboxylic acids is 2. The lowest BCUT2D eigenvalue weighted by Gasteiger charge is -2.26. The summed E-state index contributed by atoms with van der Waals surface area (Å²) in [5.41, 5.74) is 2.50. The summed E-state index contributed by atoms with van der Waals surface area (Å²) in [6, 6.07) is 5.86. The van der Waals surface area contributed by atoms with E-state index in [9.17, 15) is 9.59 Å². The summed E-state index contributed by atoms with van der Waals surface area (Å²) in [5.74, 6) is -0.286. The molecule has 0 atom stereocenters. The van der Waals surface area contributed by atoms with E-state index >= 15 is 0 Å². The van der Waals surface area contributed by atoms with Crippen molar-refractivity contribution in [1.82, 2.24) is 9.88 Å². The molecular formula is C19H24N2O2. The second kappa shape index (κ2) is 6.57. The molecule has 0 saturated heterocycles. The number of ketones is 1. The molecule has 23 heavy (non-hydrogen) atoms. The van der Waals surface area contributed by atoms with Crippen molar-refractivity contribution in [2.24, 2.45) is 5.92 Å². The predicted molar refractivity (Wildman–Crippen MR) is 91.6 cm³/mol. The van der Waals surface area contributed by atoms with Crippen molar-refractivity contribution in [2.45, 2.75) is 39.0 Å². The fourth-order valence-corrected chi connectivity index (χ4v) is 3.56. The van der Waals surface area contributed by atoms with Crippen LogP contribution in [-0.2, 0) is 4.79 Å². The van der Waals surface area contributed by atoms with Crippen LogP contribution in [0, 0.1) is 12.8 Å². The number of rotatable bonds is 4. The van der Waals surface area contributed by atoms with Crippen LogP contribution >= 0.6 is 0 Å². The standard InChI is InChI=1S/C19H24N2O2/c1-13-8-9-15-16(11-20-17(15)10-13)18(22)19(23)21(2)12-14-6-4-3-5-7-14/h8-11,14,20H,3-7,12H2,1-2H3. The molecule has 1 fully saturated rings. The molecule has 0 spiro atoms. The van der Waals surface area contributed by atoms with E-state index in [1.165, 1.54) is 19.3 Å². The van der Waals surface area contributed by atoms with Crippen LogP contribution in [-0.4, -0.2) is 35.2 Å². The first kappa shape index (κ1) is 15.8. The summed E-state index contributed by atoms with van der Waals surface area (Å²) in [6.45, 7) is 2.69. The minimum absolute atomic E-state index is 0.406. The number of aryl methyl sites for hydroxylation is 1. The number of nitrogens with one attached hydrogen (secondary N) is 1. The van der Waals surface area contributed by atoms with Crippen LogP contribution in [0.2, 0.25) is 0 Å². The molecule has 1 saturated carbocycles. The molecule has 1 amide bonds. The molecular weight excluding hydrogens is 288 g/mol. The van der Waals surface area contributed by atoms with Crippen molar-refractivity contribution in [3.63, 3.8) is 0 Å². The SMILES string of the molecule is Cc1ccc2c(C(=O)C(=O)N(C)CC3CCCCC3)c[nH]c2c1. The zero-order valence-electron chi connectivity index (χ0n) is 13.9. The average Bonchev–Trinajstić information content (AvgIpc) is 2.97. The first-order valence-corrected chi connectivity index (χ1v) is 8.44. The van der Waals surface area contributed by atoms with Gasteiger partial charge in [-0.1, -0.05) is 31.4 Å². The van der Waals surface area contributed by atoms with Crippen molar-refractivity contribution >= 4 is 22.6 Å². The third-order valence-corrected chi connectivity index (χ3v) is 4.88. The van der Waals surface area contributed by atoms with Crippen molar-refractivity contribution in [3.05, 3.63) is 35.5 Å². The fraction of sp³-hybridized carbons (Fsp3) is 0.474. The van der Waals surface area contributed by atoms with Gasteiger partial charge in [0.15, 0.2) is 0 Å². The number of likely N-dealkylation sites (N-methyl/N-ethyl adjacent to an activating group) is 1. The molecule has 2 aromatic rings. The lowest BCUT2D eigenvalue weighted by Crippen LogP contribution is -2.37. The number of hydrogen-bond donors (Lipinski definition) is 1. The molecule has 1 aromatic heterocycles. The van der Waals surface area contributed by atoms with E-state index in [-0.39, 0.29) is 0 Å². The van der Waals surface area contributed by atoms with E-state index in [1.54, 1.807) is 18.1 Å². The molecule has 4 heteroatoms. The van der Waals surface area contributed by atoms with Crippen molar-refractivity contribution in [2.75, 3.05) is 13.6 Å². The number of aromatic amines is 1. The average molecular weight is 312 g/mol. The first-order valence-electron chi connectivity index (χ1n) is 8.44. The first-order chi connectivity index (χ1) is 11.1. The summed E-state index contributed by atoms with van der Waals surface area (Å²) < 4.78 is 0. The molecule has 122 valence electrons. The fourth-order valence-electron chi connectivity index (χ4n) is 3.56. The van der Waals surface area contributed by atoms with Crippen molar-refractivity contribution < 1.29 is 9.59 Å².